The van der Waals surface area contributed by atoms with E-state index in [-0.39, 0.29) is 0 Å². The van der Waals surface area contributed by atoms with Crippen LogP contribution >= 0.6 is 34.0 Å². The van der Waals surface area contributed by atoms with Crippen LogP contribution in [0, 0.1) is 0 Å². The summed E-state index contributed by atoms with van der Waals surface area (Å²) in [5.41, 5.74) is 7.97. The minimum Gasteiger partial charge on any atom is -0.437 e. The Kier molecular flexibility index (Phi) is 10.3. The quantitative estimate of drug-likeness (QED) is 0.176. The number of nitrogens with zero attached hydrogens (tertiary/aromatic N) is 6. The fourth-order valence-corrected chi connectivity index (χ4v) is 16.8. The molecule has 20 aromatic rings. The highest BCUT2D eigenvalue weighted by Gasteiger charge is 2.26. The highest BCUT2D eigenvalue weighted by atomic mass is 32.1. The zero-order valence-electron chi connectivity index (χ0n) is 45.6. The Morgan fingerprint density at radius 1 is 0.279 bits per heavy atom. The van der Waals surface area contributed by atoms with Crippen molar-refractivity contribution in [2.24, 2.45) is 0 Å². The predicted octanol–water partition coefficient (Wildman–Crippen LogP) is 21.8. The third-order valence-corrected chi connectivity index (χ3v) is 20.6. The molecule has 0 radical (unpaired) electrons. The number of rotatable bonds is 4. The molecule has 0 N–H and O–H groups in total. The molecule has 8 aromatic heterocycles. The van der Waals surface area contributed by atoms with Gasteiger partial charge in [0.05, 0.1) is 32.8 Å². The van der Waals surface area contributed by atoms with E-state index in [4.69, 9.17) is 24.4 Å². The molecule has 7 nitrogen and oxygen atoms in total. The Labute approximate surface area is 501 Å². The zero-order chi connectivity index (χ0) is 56.1. The largest absolute Gasteiger partial charge is 0.437 e. The minimum absolute atomic E-state index is 0.587. The maximum atomic E-state index is 6.47. The Morgan fingerprint density at radius 2 is 0.686 bits per heavy atom. The van der Waals surface area contributed by atoms with Crippen molar-refractivity contribution in [3.8, 4) is 34.4 Å². The maximum Gasteiger partial charge on any atom is 0.233 e. The van der Waals surface area contributed by atoms with Crippen LogP contribution < -0.4 is 0 Å². The molecule has 0 saturated carbocycles. The first-order valence-corrected chi connectivity index (χ1v) is 31.1. The van der Waals surface area contributed by atoms with Gasteiger partial charge in [0.2, 0.25) is 5.71 Å². The normalized spacial score (nSPS) is 12.2. The van der Waals surface area contributed by atoms with Gasteiger partial charge in [-0.25, -0.2) is 15.0 Å². The SMILES string of the molecule is c1ccc2cc3c(cc2c1)c1ccccc1n3-c1nc(-c2cccc3sc4ccccc4c23)nc2oc3ccccc3c12.c1ccc2cc3c(cc2c1)c1ccccc1n3-c1nc(-c2cccc3sc4ccccc4c23)nc2sc3ccccc3c12. The van der Waals surface area contributed by atoms with Crippen LogP contribution in [0.25, 0.3) is 182 Å². The summed E-state index contributed by atoms with van der Waals surface area (Å²) in [6, 6.07) is 90.6. The molecule has 8 heterocycles. The third kappa shape index (κ3) is 7.06. The number of aromatic nitrogens is 6. The first-order chi connectivity index (χ1) is 42.6. The highest BCUT2D eigenvalue weighted by molar-refractivity contribution is 7.26. The Morgan fingerprint density at radius 3 is 1.23 bits per heavy atom. The van der Waals surface area contributed by atoms with Gasteiger partial charge >= 0.3 is 0 Å². The second-order valence-corrected chi connectivity index (χ2v) is 25.2. The average Bonchev–Trinajstić information content (AvgIpc) is 2.80. The van der Waals surface area contributed by atoms with Crippen LogP contribution in [0.5, 0.6) is 0 Å². The molecule has 0 saturated heterocycles. The van der Waals surface area contributed by atoms with Crippen molar-refractivity contribution in [2.75, 3.05) is 0 Å². The molecular weight excluding hydrogens is 1110 g/mol. The summed E-state index contributed by atoms with van der Waals surface area (Å²) < 4.78 is 17.4. The van der Waals surface area contributed by atoms with Crippen molar-refractivity contribution >= 4 is 182 Å². The first kappa shape index (κ1) is 47.8. The topological polar surface area (TPSA) is 74.6 Å². The summed E-state index contributed by atoms with van der Waals surface area (Å²) in [5, 5.41) is 18.8. The van der Waals surface area contributed by atoms with E-state index in [9.17, 15) is 0 Å². The van der Waals surface area contributed by atoms with Crippen molar-refractivity contribution in [2.45, 2.75) is 0 Å². The summed E-state index contributed by atoms with van der Waals surface area (Å²) in [6.07, 6.45) is 0. The van der Waals surface area contributed by atoms with Crippen LogP contribution in [-0.2, 0) is 0 Å². The standard InChI is InChI=1S/C38H21N3OS.C38H21N3S2/c1-2-11-23-21-30-28(20-22(23)10-1)24-12-3-6-16-29(24)41(30)37-35-25-13-4-7-17-31(25)42-38(35)40-36(39-37)27-15-9-19-33-34(27)26-14-5-8-18-32(26)43-33;1-2-11-23-21-30-28(20-22(23)10-1)24-12-3-6-16-29(24)41(30)37-35-26-14-5-8-18-32(26)43-38(35)40-36(39-37)27-15-9-19-33-34(27)25-13-4-7-17-31(25)42-33/h2*1-21H. The van der Waals surface area contributed by atoms with Crippen LogP contribution in [0.3, 0.4) is 0 Å². The fourth-order valence-electron chi connectivity index (χ4n) is 13.5. The number of fused-ring (bicyclic) bond motifs is 20. The van der Waals surface area contributed by atoms with Crippen LogP contribution in [0.1, 0.15) is 0 Å². The molecule has 0 spiro atoms. The molecule has 0 amide bonds. The number of para-hydroxylation sites is 3. The first-order valence-electron chi connectivity index (χ1n) is 28.7. The second kappa shape index (κ2) is 18.4. The number of hydrogen-bond donors (Lipinski definition) is 0. The fraction of sp³-hybridized carbons (Fsp3) is 0. The minimum atomic E-state index is 0.587. The van der Waals surface area contributed by atoms with Gasteiger partial charge in [-0.05, 0) is 94.3 Å². The van der Waals surface area contributed by atoms with Gasteiger partial charge in [-0.1, -0.05) is 182 Å². The Hall–Kier alpha value is -10.6. The number of hydrogen-bond acceptors (Lipinski definition) is 8. The van der Waals surface area contributed by atoms with Crippen LogP contribution in [-0.4, -0.2) is 29.1 Å². The second-order valence-electron chi connectivity index (χ2n) is 22.0. The van der Waals surface area contributed by atoms with Crippen molar-refractivity contribution < 1.29 is 4.42 Å². The Balaban J connectivity index is 0.000000126. The molecule has 0 bridgehead atoms. The summed E-state index contributed by atoms with van der Waals surface area (Å²) in [6.45, 7) is 0. The lowest BCUT2D eigenvalue weighted by molar-refractivity contribution is 0.653. The average molecular weight is 1150 g/mol. The lowest BCUT2D eigenvalue weighted by atomic mass is 10.1. The molecule has 0 aliphatic heterocycles. The van der Waals surface area contributed by atoms with E-state index in [1.807, 2.05) is 29.5 Å². The van der Waals surface area contributed by atoms with Gasteiger partial charge in [0.1, 0.15) is 10.4 Å². The van der Waals surface area contributed by atoms with Gasteiger partial charge in [-0.15, -0.1) is 34.0 Å². The number of furan rings is 1. The lowest BCUT2D eigenvalue weighted by Crippen LogP contribution is -2.02. The molecule has 86 heavy (non-hydrogen) atoms. The van der Waals surface area contributed by atoms with Crippen molar-refractivity contribution in [1.29, 1.82) is 0 Å². The van der Waals surface area contributed by atoms with Crippen LogP contribution in [0.2, 0.25) is 0 Å². The molecule has 400 valence electrons. The van der Waals surface area contributed by atoms with E-state index in [0.717, 1.165) is 77.2 Å². The molecule has 0 unspecified atom stereocenters. The lowest BCUT2D eigenvalue weighted by Gasteiger charge is -2.12. The van der Waals surface area contributed by atoms with Gasteiger partial charge < -0.3 is 4.42 Å². The van der Waals surface area contributed by atoms with E-state index in [1.165, 1.54) is 93.5 Å². The number of benzene rings is 12. The summed E-state index contributed by atoms with van der Waals surface area (Å²) in [4.78, 5) is 22.4. The van der Waals surface area contributed by atoms with Gasteiger partial charge in [0.25, 0.3) is 0 Å². The summed E-state index contributed by atoms with van der Waals surface area (Å²) in [5.74, 6) is 3.16. The number of thiophene rings is 3. The van der Waals surface area contributed by atoms with Gasteiger partial charge in [0, 0.05) is 88.5 Å². The molecular formula is C76H42N6OS3. The molecule has 0 atom stereocenters. The van der Waals surface area contributed by atoms with Crippen molar-refractivity contribution in [3.63, 3.8) is 0 Å². The third-order valence-electron chi connectivity index (χ3n) is 17.2. The van der Waals surface area contributed by atoms with E-state index < -0.39 is 0 Å². The van der Waals surface area contributed by atoms with Gasteiger partial charge in [-0.3, -0.25) is 9.13 Å². The van der Waals surface area contributed by atoms with Gasteiger partial charge in [-0.2, -0.15) is 4.98 Å². The highest BCUT2D eigenvalue weighted by Crippen LogP contribution is 2.46. The molecule has 0 fully saturated rings. The molecule has 20 rings (SSSR count). The maximum absolute atomic E-state index is 6.47. The predicted molar refractivity (Wildman–Crippen MR) is 365 cm³/mol. The van der Waals surface area contributed by atoms with Crippen molar-refractivity contribution in [1.82, 2.24) is 29.1 Å². The monoisotopic (exact) mass is 1150 g/mol. The van der Waals surface area contributed by atoms with Gasteiger partial charge in [0.15, 0.2) is 23.3 Å². The summed E-state index contributed by atoms with van der Waals surface area (Å²) >= 11 is 5.37. The van der Waals surface area contributed by atoms with E-state index in [1.54, 1.807) is 22.7 Å². The molecule has 0 aliphatic rings. The molecule has 12 aromatic carbocycles. The summed E-state index contributed by atoms with van der Waals surface area (Å²) in [7, 11) is 0. The van der Waals surface area contributed by atoms with Crippen molar-refractivity contribution in [3.05, 3.63) is 255 Å². The van der Waals surface area contributed by atoms with E-state index in [0.29, 0.717) is 11.5 Å². The zero-order valence-corrected chi connectivity index (χ0v) is 48.0. The van der Waals surface area contributed by atoms with E-state index in [2.05, 4.69) is 246 Å². The van der Waals surface area contributed by atoms with Crippen LogP contribution in [0.4, 0.5) is 0 Å². The van der Waals surface area contributed by atoms with Crippen LogP contribution in [0.15, 0.2) is 259 Å². The van der Waals surface area contributed by atoms with E-state index >= 15 is 0 Å². The smallest absolute Gasteiger partial charge is 0.233 e. The Bertz CT molecular complexity index is 5870. The molecule has 10 heteroatoms. The molecule has 0 aliphatic carbocycles.